The maximum Gasteiger partial charge on any atom is 0.255 e. The summed E-state index contributed by atoms with van der Waals surface area (Å²) in [6, 6.07) is 34.9. The molecule has 4 aromatic carbocycles. The number of ether oxygens (including phenoxy) is 2. The van der Waals surface area contributed by atoms with E-state index in [4.69, 9.17) is 14.6 Å². The van der Waals surface area contributed by atoms with Gasteiger partial charge in [0.15, 0.2) is 0 Å². The van der Waals surface area contributed by atoms with Gasteiger partial charge in [-0.05, 0) is 42.5 Å². The van der Waals surface area contributed by atoms with Gasteiger partial charge in [0, 0.05) is 22.8 Å². The van der Waals surface area contributed by atoms with Gasteiger partial charge < -0.3 is 14.8 Å². The van der Waals surface area contributed by atoms with E-state index in [1.165, 1.54) is 0 Å². The lowest BCUT2D eigenvalue weighted by molar-refractivity contribution is 0.102. The summed E-state index contributed by atoms with van der Waals surface area (Å²) in [5.41, 5.74) is 5.84. The third-order valence-corrected chi connectivity index (χ3v) is 5.88. The van der Waals surface area contributed by atoms with Crippen molar-refractivity contribution in [3.8, 4) is 39.7 Å². The average molecular weight is 476 g/mol. The van der Waals surface area contributed by atoms with Crippen molar-refractivity contribution in [3.05, 3.63) is 115 Å². The standard InChI is InChI=1S/C30H25N3O3/c1-35-25-17-18-29(36-2)27(19-25)31-30(34)23-13-15-24(16-14-23)33-28(22-11-7-4-8-12-22)20-26(32-33)21-9-5-3-6-10-21/h3-20H,1-2H3,(H,31,34). The SMILES string of the molecule is COc1ccc(OC)c(NC(=O)c2ccc(-n3nc(-c4ccccc4)cc3-c3ccccc3)cc2)c1. The Morgan fingerprint density at radius 3 is 2.06 bits per heavy atom. The highest BCUT2D eigenvalue weighted by atomic mass is 16.5. The molecule has 5 aromatic rings. The molecule has 0 atom stereocenters. The van der Waals surface area contributed by atoms with Gasteiger partial charge in [-0.15, -0.1) is 0 Å². The van der Waals surface area contributed by atoms with Crippen LogP contribution in [0.4, 0.5) is 5.69 Å². The van der Waals surface area contributed by atoms with Gasteiger partial charge in [0.2, 0.25) is 0 Å². The number of benzene rings is 4. The largest absolute Gasteiger partial charge is 0.497 e. The Bertz CT molecular complexity index is 1480. The number of carbonyl (C=O) groups excluding carboxylic acids is 1. The Kier molecular flexibility index (Phi) is 6.49. The molecule has 0 unspecified atom stereocenters. The van der Waals surface area contributed by atoms with Crippen LogP contribution in [0.1, 0.15) is 10.4 Å². The molecule has 0 fully saturated rings. The number of aromatic nitrogens is 2. The summed E-state index contributed by atoms with van der Waals surface area (Å²) in [6.45, 7) is 0. The fourth-order valence-corrected chi connectivity index (χ4v) is 4.00. The monoisotopic (exact) mass is 475 g/mol. The second kappa shape index (κ2) is 10.2. The van der Waals surface area contributed by atoms with Gasteiger partial charge in [0.25, 0.3) is 5.91 Å². The molecule has 0 bridgehead atoms. The number of rotatable bonds is 7. The van der Waals surface area contributed by atoms with Crippen molar-refractivity contribution in [2.24, 2.45) is 0 Å². The van der Waals surface area contributed by atoms with Crippen molar-refractivity contribution in [2.45, 2.75) is 0 Å². The Morgan fingerprint density at radius 2 is 1.42 bits per heavy atom. The minimum atomic E-state index is -0.248. The van der Waals surface area contributed by atoms with E-state index in [9.17, 15) is 4.79 Å². The fourth-order valence-electron chi connectivity index (χ4n) is 4.00. The second-order valence-corrected chi connectivity index (χ2v) is 8.13. The van der Waals surface area contributed by atoms with Crippen LogP contribution in [0.5, 0.6) is 11.5 Å². The van der Waals surface area contributed by atoms with E-state index in [1.54, 1.807) is 44.6 Å². The Balaban J connectivity index is 1.46. The molecule has 0 saturated carbocycles. The third-order valence-electron chi connectivity index (χ3n) is 5.88. The van der Waals surface area contributed by atoms with Gasteiger partial charge in [-0.2, -0.15) is 5.10 Å². The molecule has 1 N–H and O–H groups in total. The lowest BCUT2D eigenvalue weighted by atomic mass is 10.1. The van der Waals surface area contributed by atoms with Gasteiger partial charge >= 0.3 is 0 Å². The van der Waals surface area contributed by atoms with Crippen LogP contribution in [-0.2, 0) is 0 Å². The summed E-state index contributed by atoms with van der Waals surface area (Å²) >= 11 is 0. The fraction of sp³-hybridized carbons (Fsp3) is 0.0667. The first-order chi connectivity index (χ1) is 17.7. The molecule has 6 nitrogen and oxygen atoms in total. The summed E-state index contributed by atoms with van der Waals surface area (Å²) < 4.78 is 12.5. The van der Waals surface area contributed by atoms with Crippen LogP contribution < -0.4 is 14.8 Å². The van der Waals surface area contributed by atoms with Crippen molar-refractivity contribution in [2.75, 3.05) is 19.5 Å². The molecule has 6 heteroatoms. The molecular weight excluding hydrogens is 450 g/mol. The van der Waals surface area contributed by atoms with Crippen molar-refractivity contribution in [1.29, 1.82) is 0 Å². The maximum absolute atomic E-state index is 13.0. The van der Waals surface area contributed by atoms with Crippen LogP contribution >= 0.6 is 0 Å². The minimum absolute atomic E-state index is 0.248. The number of hydrogen-bond acceptors (Lipinski definition) is 4. The summed E-state index contributed by atoms with van der Waals surface area (Å²) in [5, 5.41) is 7.80. The molecule has 0 spiro atoms. The highest BCUT2D eigenvalue weighted by molar-refractivity contribution is 6.05. The van der Waals surface area contributed by atoms with E-state index in [-0.39, 0.29) is 5.91 Å². The third kappa shape index (κ3) is 4.70. The molecule has 0 saturated heterocycles. The van der Waals surface area contributed by atoms with Gasteiger partial charge in [0.1, 0.15) is 11.5 Å². The van der Waals surface area contributed by atoms with Crippen LogP contribution in [0.25, 0.3) is 28.2 Å². The van der Waals surface area contributed by atoms with Crippen LogP contribution in [0.3, 0.4) is 0 Å². The molecule has 0 aliphatic carbocycles. The predicted octanol–water partition coefficient (Wildman–Crippen LogP) is 6.48. The van der Waals surface area contributed by atoms with Crippen LogP contribution in [-0.4, -0.2) is 29.9 Å². The van der Waals surface area contributed by atoms with Crippen molar-refractivity contribution in [3.63, 3.8) is 0 Å². The number of anilines is 1. The quantitative estimate of drug-likeness (QED) is 0.293. The smallest absolute Gasteiger partial charge is 0.255 e. The number of methoxy groups -OCH3 is 2. The molecule has 36 heavy (non-hydrogen) atoms. The van der Waals surface area contributed by atoms with Crippen LogP contribution in [0.2, 0.25) is 0 Å². The minimum Gasteiger partial charge on any atom is -0.497 e. The molecule has 1 amide bonds. The summed E-state index contributed by atoms with van der Waals surface area (Å²) in [7, 11) is 3.14. The van der Waals surface area contributed by atoms with Gasteiger partial charge in [-0.1, -0.05) is 60.7 Å². The number of amides is 1. The molecule has 0 aliphatic heterocycles. The Labute approximate surface area is 209 Å². The molecular formula is C30H25N3O3. The first kappa shape index (κ1) is 22.9. The highest BCUT2D eigenvalue weighted by Gasteiger charge is 2.15. The van der Waals surface area contributed by atoms with Crippen molar-refractivity contribution in [1.82, 2.24) is 9.78 Å². The van der Waals surface area contributed by atoms with Gasteiger partial charge in [-0.3, -0.25) is 4.79 Å². The first-order valence-corrected chi connectivity index (χ1v) is 11.5. The Hall–Kier alpha value is -4.84. The van der Waals surface area contributed by atoms with E-state index < -0.39 is 0 Å². The lowest BCUT2D eigenvalue weighted by Crippen LogP contribution is -2.13. The maximum atomic E-state index is 13.0. The van der Waals surface area contributed by atoms with Crippen molar-refractivity contribution < 1.29 is 14.3 Å². The van der Waals surface area contributed by atoms with Gasteiger partial charge in [0.05, 0.1) is 37.0 Å². The number of nitrogens with one attached hydrogen (secondary N) is 1. The molecule has 178 valence electrons. The van der Waals surface area contributed by atoms with Crippen molar-refractivity contribution >= 4 is 11.6 Å². The average Bonchev–Trinajstić information content (AvgIpc) is 3.40. The topological polar surface area (TPSA) is 65.4 Å². The highest BCUT2D eigenvalue weighted by Crippen LogP contribution is 2.30. The number of hydrogen-bond donors (Lipinski definition) is 1. The van der Waals surface area contributed by atoms with E-state index in [2.05, 4.69) is 23.5 Å². The summed E-state index contributed by atoms with van der Waals surface area (Å²) in [6.07, 6.45) is 0. The molecule has 1 heterocycles. The molecule has 5 rings (SSSR count). The first-order valence-electron chi connectivity index (χ1n) is 11.5. The van der Waals surface area contributed by atoms with Crippen LogP contribution in [0.15, 0.2) is 109 Å². The summed E-state index contributed by atoms with van der Waals surface area (Å²) in [5.74, 6) is 0.933. The number of nitrogens with zero attached hydrogens (tertiary/aromatic N) is 2. The van der Waals surface area contributed by atoms with Gasteiger partial charge in [-0.25, -0.2) is 4.68 Å². The molecule has 0 aliphatic rings. The normalized spacial score (nSPS) is 10.6. The molecule has 0 radical (unpaired) electrons. The summed E-state index contributed by atoms with van der Waals surface area (Å²) in [4.78, 5) is 13.0. The zero-order chi connectivity index (χ0) is 24.9. The number of carbonyl (C=O) groups is 1. The van der Waals surface area contributed by atoms with E-state index in [1.807, 2.05) is 65.3 Å². The van der Waals surface area contributed by atoms with E-state index >= 15 is 0 Å². The zero-order valence-corrected chi connectivity index (χ0v) is 20.0. The predicted molar refractivity (Wildman–Crippen MR) is 142 cm³/mol. The molecule has 1 aromatic heterocycles. The lowest BCUT2D eigenvalue weighted by Gasteiger charge is -2.12. The second-order valence-electron chi connectivity index (χ2n) is 8.13. The van der Waals surface area contributed by atoms with E-state index in [0.29, 0.717) is 22.7 Å². The Morgan fingerprint density at radius 1 is 0.750 bits per heavy atom. The zero-order valence-electron chi connectivity index (χ0n) is 20.0. The van der Waals surface area contributed by atoms with E-state index in [0.717, 1.165) is 28.2 Å². The van der Waals surface area contributed by atoms with Crippen LogP contribution in [0, 0.1) is 0 Å².